The van der Waals surface area contributed by atoms with Crippen molar-refractivity contribution in [1.29, 1.82) is 0 Å². The summed E-state index contributed by atoms with van der Waals surface area (Å²) in [4.78, 5) is 57.7. The Hall–Kier alpha value is -2.22. The maximum Gasteiger partial charge on any atom is 0.249 e. The number of unbranched alkanes of at least 4 members (excludes halogenated alkanes) is 40. The normalized spacial score (nSPS) is 11.7. The van der Waals surface area contributed by atoms with E-state index in [2.05, 4.69) is 47.7 Å². The fourth-order valence-corrected chi connectivity index (χ4v) is 11.3. The average molecular weight is 1070 g/mol. The molecule has 8 nitrogen and oxygen atoms in total. The Kier molecular flexibility index (Phi) is 51.7. The van der Waals surface area contributed by atoms with E-state index in [9.17, 15) is 19.2 Å². The minimum atomic E-state index is -0.358. The summed E-state index contributed by atoms with van der Waals surface area (Å²) < 4.78 is 0. The predicted octanol–water partition coefficient (Wildman–Crippen LogP) is 19.2. The predicted molar refractivity (Wildman–Crippen MR) is 333 cm³/mol. The monoisotopic (exact) mass is 1070 g/mol. The second-order valence-electron chi connectivity index (χ2n) is 23.9. The summed E-state index contributed by atoms with van der Waals surface area (Å²) in [7, 11) is 0. The number of hydrogen-bond donors (Lipinski definition) is 1. The molecule has 0 aromatic heterocycles. The van der Waals surface area contributed by atoms with E-state index in [1.165, 1.54) is 244 Å². The molecule has 76 heavy (non-hydrogen) atoms. The molecule has 0 spiro atoms. The molecule has 1 aromatic carbocycles. The molecule has 0 aliphatic rings. The lowest BCUT2D eigenvalue weighted by Gasteiger charge is -2.23. The maximum absolute atomic E-state index is 13.4. The molecule has 1 rings (SSSR count). The first-order chi connectivity index (χ1) is 37.3. The maximum atomic E-state index is 13.4. The molecule has 0 saturated carbocycles. The Morgan fingerprint density at radius 2 is 0.539 bits per heavy atom. The molecule has 8 heteroatoms. The van der Waals surface area contributed by atoms with Gasteiger partial charge in [0.05, 0.1) is 5.69 Å². The summed E-state index contributed by atoms with van der Waals surface area (Å²) >= 11 is 0. The Bertz CT molecular complexity index is 1380. The molecular weight excluding hydrogens is 937 g/mol. The number of carbonyl (C=O) groups is 2. The third kappa shape index (κ3) is 41.8. The summed E-state index contributed by atoms with van der Waals surface area (Å²) in [5.74, 6) is 0.804. The Morgan fingerprint density at radius 1 is 0.303 bits per heavy atom. The van der Waals surface area contributed by atoms with Gasteiger partial charge in [0.25, 0.3) is 0 Å². The van der Waals surface area contributed by atoms with E-state index < -0.39 is 0 Å². The van der Waals surface area contributed by atoms with Gasteiger partial charge < -0.3 is 20.0 Å². The van der Waals surface area contributed by atoms with Crippen molar-refractivity contribution in [3.05, 3.63) is 26.0 Å². The largest absolute Gasteiger partial charge is 0.381 e. The van der Waals surface area contributed by atoms with Crippen molar-refractivity contribution < 1.29 is 9.59 Å². The van der Waals surface area contributed by atoms with Crippen LogP contribution in [0.15, 0.2) is 9.59 Å². The van der Waals surface area contributed by atoms with Crippen LogP contribution in [0.3, 0.4) is 0 Å². The van der Waals surface area contributed by atoms with Gasteiger partial charge in [0, 0.05) is 51.1 Å². The van der Waals surface area contributed by atoms with Gasteiger partial charge in [-0.3, -0.25) is 19.2 Å². The van der Waals surface area contributed by atoms with Crippen LogP contribution in [0.5, 0.6) is 0 Å². The van der Waals surface area contributed by atoms with E-state index >= 15 is 0 Å². The second kappa shape index (κ2) is 54.7. The van der Waals surface area contributed by atoms with Crippen LogP contribution in [0.2, 0.25) is 0 Å². The minimum Gasteiger partial charge on any atom is -0.381 e. The van der Waals surface area contributed by atoms with Crippen LogP contribution in [0.1, 0.15) is 348 Å². The fourth-order valence-electron chi connectivity index (χ4n) is 11.3. The number of rotatable bonds is 61. The van der Waals surface area contributed by atoms with E-state index in [-0.39, 0.29) is 10.9 Å². The smallest absolute Gasteiger partial charge is 0.249 e. The SMILES string of the molecule is CCCCCCCCCCN(CCCCCCCCCC)C(=O)CCCCCCCCCN(CCCCCCCCCC(=O)N(CCCCCCCCCC)CCCCCCCCCC)CCCNc1c(C)c(=O)c1=O. The van der Waals surface area contributed by atoms with Gasteiger partial charge in [-0.25, -0.2) is 0 Å². The Labute approximate surface area is 472 Å². The second-order valence-corrected chi connectivity index (χ2v) is 23.9. The summed E-state index contributed by atoms with van der Waals surface area (Å²) in [5.41, 5.74) is 0.403. The van der Waals surface area contributed by atoms with Crippen molar-refractivity contribution >= 4 is 17.5 Å². The van der Waals surface area contributed by atoms with Gasteiger partial charge in [0.2, 0.25) is 22.7 Å². The van der Waals surface area contributed by atoms with E-state index in [4.69, 9.17) is 0 Å². The summed E-state index contributed by atoms with van der Waals surface area (Å²) in [6, 6.07) is 0. The molecule has 446 valence electrons. The van der Waals surface area contributed by atoms with Crippen molar-refractivity contribution in [2.45, 2.75) is 349 Å². The Morgan fingerprint density at radius 3 is 0.816 bits per heavy atom. The van der Waals surface area contributed by atoms with Gasteiger partial charge in [-0.1, -0.05) is 272 Å². The summed E-state index contributed by atoms with van der Waals surface area (Å²) in [5, 5.41) is 3.25. The minimum absolute atomic E-state index is 0.341. The molecule has 0 atom stereocenters. The highest BCUT2D eigenvalue weighted by atomic mass is 16.2. The molecule has 2 amide bonds. The highest BCUT2D eigenvalue weighted by molar-refractivity contribution is 5.76. The molecule has 0 unspecified atom stereocenters. The van der Waals surface area contributed by atoms with Crippen molar-refractivity contribution in [2.75, 3.05) is 57.7 Å². The zero-order valence-corrected chi connectivity index (χ0v) is 51.8. The van der Waals surface area contributed by atoms with Crippen LogP contribution in [-0.2, 0) is 9.59 Å². The zero-order valence-electron chi connectivity index (χ0n) is 51.8. The van der Waals surface area contributed by atoms with Gasteiger partial charge in [-0.15, -0.1) is 0 Å². The van der Waals surface area contributed by atoms with Crippen LogP contribution < -0.4 is 16.2 Å². The molecule has 0 radical (unpaired) electrons. The first-order valence-electron chi connectivity index (χ1n) is 34.1. The highest BCUT2D eigenvalue weighted by Crippen LogP contribution is 2.18. The third-order valence-corrected chi connectivity index (χ3v) is 16.7. The Balaban J connectivity index is 2.44. The lowest BCUT2D eigenvalue weighted by Crippen LogP contribution is -2.37. The van der Waals surface area contributed by atoms with Crippen molar-refractivity contribution in [3.8, 4) is 0 Å². The topological polar surface area (TPSA) is 90.0 Å². The van der Waals surface area contributed by atoms with Gasteiger partial charge in [0.1, 0.15) is 0 Å². The quantitative estimate of drug-likeness (QED) is 0.0516. The van der Waals surface area contributed by atoms with Gasteiger partial charge in [-0.05, 0) is 84.3 Å². The molecule has 0 bridgehead atoms. The fraction of sp³-hybridized carbons (Fsp3) is 0.912. The van der Waals surface area contributed by atoms with Crippen LogP contribution in [0, 0.1) is 6.92 Å². The van der Waals surface area contributed by atoms with E-state index in [1.807, 2.05) is 0 Å². The molecule has 0 saturated heterocycles. The van der Waals surface area contributed by atoms with Gasteiger partial charge >= 0.3 is 0 Å². The van der Waals surface area contributed by atoms with Crippen LogP contribution >= 0.6 is 0 Å². The number of nitrogens with zero attached hydrogens (tertiary/aromatic N) is 3. The third-order valence-electron chi connectivity index (χ3n) is 16.7. The zero-order chi connectivity index (χ0) is 55.2. The van der Waals surface area contributed by atoms with Crippen molar-refractivity contribution in [3.63, 3.8) is 0 Å². The van der Waals surface area contributed by atoms with Crippen LogP contribution in [-0.4, -0.2) is 78.9 Å². The van der Waals surface area contributed by atoms with Gasteiger partial charge in [0.15, 0.2) is 0 Å². The van der Waals surface area contributed by atoms with Crippen molar-refractivity contribution in [2.24, 2.45) is 0 Å². The lowest BCUT2D eigenvalue weighted by atomic mass is 10.1. The molecule has 1 aromatic rings. The molecule has 0 heterocycles. The van der Waals surface area contributed by atoms with E-state index in [1.54, 1.807) is 6.92 Å². The first-order valence-corrected chi connectivity index (χ1v) is 34.1. The summed E-state index contributed by atoms with van der Waals surface area (Å²) in [6.07, 6.45) is 61.2. The molecular formula is C68H130N4O4. The first kappa shape index (κ1) is 71.8. The summed E-state index contributed by atoms with van der Waals surface area (Å²) in [6.45, 7) is 18.7. The highest BCUT2D eigenvalue weighted by Gasteiger charge is 2.17. The number of nitrogens with one attached hydrogen (secondary N) is 1. The number of anilines is 1. The number of amides is 2. The lowest BCUT2D eigenvalue weighted by molar-refractivity contribution is -0.132. The molecule has 0 aliphatic heterocycles. The molecule has 1 N–H and O–H groups in total. The standard InChI is InChI=1S/C68H130N4O4/c1-6-10-14-18-22-32-40-48-59-71(60-49-41-33-23-19-15-11-7-2)64(73)53-44-36-28-26-30-38-46-56-70(58-52-55-69-66-63(5)67(75)68(66)76)57-47-39-31-27-29-37-45-54-65(74)72(61-50-42-34-24-20-16-12-8-3)62-51-43-35-25-21-17-13-9-4/h69H,6-62H2,1-5H3. The van der Waals surface area contributed by atoms with E-state index in [0.717, 1.165) is 123 Å². The van der Waals surface area contributed by atoms with Gasteiger partial charge in [-0.2, -0.15) is 0 Å². The molecule has 0 aliphatic carbocycles. The van der Waals surface area contributed by atoms with Crippen LogP contribution in [0.4, 0.5) is 5.69 Å². The number of carbonyl (C=O) groups excluding carboxylic acids is 2. The number of hydrogen-bond acceptors (Lipinski definition) is 6. The molecule has 0 fully saturated rings. The van der Waals surface area contributed by atoms with Crippen LogP contribution in [0.25, 0.3) is 0 Å². The van der Waals surface area contributed by atoms with Crippen molar-refractivity contribution in [1.82, 2.24) is 14.7 Å². The van der Waals surface area contributed by atoms with E-state index in [0.29, 0.717) is 23.1 Å². The average Bonchev–Trinajstić information content (AvgIpc) is 3.43.